The van der Waals surface area contributed by atoms with E-state index in [-0.39, 0.29) is 0 Å². The van der Waals surface area contributed by atoms with Crippen LogP contribution in [0.3, 0.4) is 0 Å². The third kappa shape index (κ3) is 1.09. The summed E-state index contributed by atoms with van der Waals surface area (Å²) in [4.78, 5) is 0. The maximum atomic E-state index is 4.51. The van der Waals surface area contributed by atoms with E-state index >= 15 is 0 Å². The number of rotatable bonds is 1. The molecule has 0 N–H and O–H groups in total. The van der Waals surface area contributed by atoms with Crippen LogP contribution in [-0.2, 0) is 0 Å². The van der Waals surface area contributed by atoms with Gasteiger partial charge in [0.1, 0.15) is 11.4 Å². The van der Waals surface area contributed by atoms with Gasteiger partial charge in [-0.2, -0.15) is 0 Å². The van der Waals surface area contributed by atoms with E-state index in [1.165, 1.54) is 0 Å². The van der Waals surface area contributed by atoms with Gasteiger partial charge in [0, 0.05) is 5.92 Å². The molecule has 0 aliphatic heterocycles. The van der Waals surface area contributed by atoms with Crippen molar-refractivity contribution in [3.8, 4) is 0 Å². The largest absolute Gasteiger partial charge is 0.244 e. The van der Waals surface area contributed by atoms with Crippen LogP contribution in [0.15, 0.2) is 4.63 Å². The molecule has 1 heterocycles. The molecule has 0 amide bonds. The molecule has 0 fully saturated rings. The van der Waals surface area contributed by atoms with Gasteiger partial charge in [0.05, 0.1) is 0 Å². The maximum absolute atomic E-state index is 4.51. The van der Waals surface area contributed by atoms with Crippen molar-refractivity contribution >= 4 is 0 Å². The third-order valence-electron chi connectivity index (χ3n) is 1.23. The van der Waals surface area contributed by atoms with Gasteiger partial charge in [0.15, 0.2) is 0 Å². The lowest BCUT2D eigenvalue weighted by Crippen LogP contribution is -1.89. The summed E-state index contributed by atoms with van der Waals surface area (Å²) in [6.07, 6.45) is 0. The molecule has 0 bridgehead atoms. The zero-order valence-corrected chi connectivity index (χ0v) is 5.88. The van der Waals surface area contributed by atoms with Crippen LogP contribution in [-0.4, -0.2) is 10.3 Å². The van der Waals surface area contributed by atoms with E-state index < -0.39 is 0 Å². The second kappa shape index (κ2) is 2.17. The van der Waals surface area contributed by atoms with E-state index in [4.69, 9.17) is 0 Å². The molecule has 0 saturated heterocycles. The first-order valence-electron chi connectivity index (χ1n) is 3.01. The van der Waals surface area contributed by atoms with Gasteiger partial charge in [-0.05, 0) is 6.92 Å². The van der Waals surface area contributed by atoms with Gasteiger partial charge in [-0.25, -0.2) is 4.63 Å². The first-order chi connectivity index (χ1) is 4.22. The van der Waals surface area contributed by atoms with Gasteiger partial charge < -0.3 is 0 Å². The molecule has 0 atom stereocenters. The molecule has 0 radical (unpaired) electrons. The Hall–Kier alpha value is -0.860. The van der Waals surface area contributed by atoms with Gasteiger partial charge in [-0.1, -0.05) is 24.2 Å². The molecule has 3 nitrogen and oxygen atoms in total. The van der Waals surface area contributed by atoms with E-state index in [0.717, 1.165) is 11.4 Å². The van der Waals surface area contributed by atoms with E-state index in [1.807, 2.05) is 6.92 Å². The van der Waals surface area contributed by atoms with Crippen LogP contribution >= 0.6 is 0 Å². The second-order valence-corrected chi connectivity index (χ2v) is 2.39. The highest BCUT2D eigenvalue weighted by Gasteiger charge is 2.07. The Labute approximate surface area is 54.0 Å². The Kier molecular flexibility index (Phi) is 1.51. The number of hydrogen-bond acceptors (Lipinski definition) is 3. The van der Waals surface area contributed by atoms with Gasteiger partial charge in [-0.3, -0.25) is 0 Å². The quantitative estimate of drug-likeness (QED) is 0.572. The van der Waals surface area contributed by atoms with Crippen LogP contribution in [0.1, 0.15) is 31.2 Å². The van der Waals surface area contributed by atoms with Gasteiger partial charge in [0.2, 0.25) is 0 Å². The Morgan fingerprint density at radius 2 is 2.00 bits per heavy atom. The molecule has 0 unspecified atom stereocenters. The molecule has 0 aliphatic carbocycles. The lowest BCUT2D eigenvalue weighted by molar-refractivity contribution is 0.300. The molecule has 1 rings (SSSR count). The molecule has 1 aromatic rings. The van der Waals surface area contributed by atoms with Gasteiger partial charge >= 0.3 is 0 Å². The van der Waals surface area contributed by atoms with Crippen LogP contribution < -0.4 is 0 Å². The van der Waals surface area contributed by atoms with Crippen molar-refractivity contribution in [2.24, 2.45) is 0 Å². The summed E-state index contributed by atoms with van der Waals surface area (Å²) in [5, 5.41) is 7.38. The Morgan fingerprint density at radius 1 is 1.33 bits per heavy atom. The fraction of sp³-hybridized carbons (Fsp3) is 0.667. The maximum Gasteiger partial charge on any atom is 0.110 e. The monoisotopic (exact) mass is 126 g/mol. The molecular weight excluding hydrogens is 116 g/mol. The minimum Gasteiger partial charge on any atom is -0.244 e. The predicted molar refractivity (Wildman–Crippen MR) is 33.1 cm³/mol. The SMILES string of the molecule is Cc1nonc1C(C)C. The average molecular weight is 126 g/mol. The molecule has 3 heteroatoms. The number of hydrogen-bond donors (Lipinski definition) is 0. The average Bonchev–Trinajstić information content (AvgIpc) is 2.13. The third-order valence-corrected chi connectivity index (χ3v) is 1.23. The second-order valence-electron chi connectivity index (χ2n) is 2.39. The first-order valence-corrected chi connectivity index (χ1v) is 3.01. The summed E-state index contributed by atoms with van der Waals surface area (Å²) in [5.41, 5.74) is 1.85. The molecule has 1 aromatic heterocycles. The number of aryl methyl sites for hydroxylation is 1. The van der Waals surface area contributed by atoms with Crippen LogP contribution in [0.4, 0.5) is 0 Å². The zero-order chi connectivity index (χ0) is 6.85. The van der Waals surface area contributed by atoms with Crippen LogP contribution in [0.5, 0.6) is 0 Å². The lowest BCUT2D eigenvalue weighted by atomic mass is 10.1. The van der Waals surface area contributed by atoms with Crippen LogP contribution in [0.25, 0.3) is 0 Å². The van der Waals surface area contributed by atoms with E-state index in [0.29, 0.717) is 5.92 Å². The Bertz CT molecular complexity index is 193. The summed E-state index contributed by atoms with van der Waals surface area (Å²) in [5.74, 6) is 0.413. The summed E-state index contributed by atoms with van der Waals surface area (Å²) in [6.45, 7) is 6.02. The topological polar surface area (TPSA) is 38.9 Å². The van der Waals surface area contributed by atoms with Crippen molar-refractivity contribution in [3.63, 3.8) is 0 Å². The fourth-order valence-electron chi connectivity index (χ4n) is 0.762. The minimum atomic E-state index is 0.413. The fourth-order valence-corrected chi connectivity index (χ4v) is 0.762. The minimum absolute atomic E-state index is 0.413. The number of aromatic nitrogens is 2. The van der Waals surface area contributed by atoms with E-state index in [2.05, 4.69) is 28.8 Å². The highest BCUT2D eigenvalue weighted by molar-refractivity contribution is 5.08. The van der Waals surface area contributed by atoms with Crippen molar-refractivity contribution in [3.05, 3.63) is 11.4 Å². The molecule has 50 valence electrons. The van der Waals surface area contributed by atoms with Gasteiger partial charge in [-0.15, -0.1) is 0 Å². The van der Waals surface area contributed by atoms with Crippen molar-refractivity contribution in [1.29, 1.82) is 0 Å². The van der Waals surface area contributed by atoms with Crippen molar-refractivity contribution in [2.75, 3.05) is 0 Å². The standard InChI is InChI=1S/C6H10N2O/c1-4(2)6-5(3)7-9-8-6/h4H,1-3H3. The molecular formula is C6H10N2O. The molecule has 0 spiro atoms. The summed E-state index contributed by atoms with van der Waals surface area (Å²) in [6, 6.07) is 0. The summed E-state index contributed by atoms with van der Waals surface area (Å²) < 4.78 is 4.51. The lowest BCUT2D eigenvalue weighted by Gasteiger charge is -1.94. The van der Waals surface area contributed by atoms with Crippen molar-refractivity contribution in [2.45, 2.75) is 26.7 Å². The zero-order valence-electron chi connectivity index (χ0n) is 5.88. The summed E-state index contributed by atoms with van der Waals surface area (Å²) in [7, 11) is 0. The highest BCUT2D eigenvalue weighted by Crippen LogP contribution is 2.12. The summed E-state index contributed by atoms with van der Waals surface area (Å²) >= 11 is 0. The van der Waals surface area contributed by atoms with E-state index in [9.17, 15) is 0 Å². The molecule has 0 aliphatic rings. The molecule has 9 heavy (non-hydrogen) atoms. The Morgan fingerprint density at radius 3 is 2.22 bits per heavy atom. The van der Waals surface area contributed by atoms with Crippen LogP contribution in [0, 0.1) is 6.92 Å². The first kappa shape index (κ1) is 6.26. The van der Waals surface area contributed by atoms with Crippen molar-refractivity contribution < 1.29 is 4.63 Å². The normalized spacial score (nSPS) is 10.7. The highest BCUT2D eigenvalue weighted by atomic mass is 16.6. The molecule has 0 saturated carbocycles. The predicted octanol–water partition coefficient (Wildman–Crippen LogP) is 1.50. The molecule has 0 aromatic carbocycles. The van der Waals surface area contributed by atoms with Gasteiger partial charge in [0.25, 0.3) is 0 Å². The van der Waals surface area contributed by atoms with E-state index in [1.54, 1.807) is 0 Å². The Balaban J connectivity index is 2.94. The number of nitrogens with zero attached hydrogens (tertiary/aromatic N) is 2. The van der Waals surface area contributed by atoms with Crippen LogP contribution in [0.2, 0.25) is 0 Å². The smallest absolute Gasteiger partial charge is 0.110 e. The van der Waals surface area contributed by atoms with Crippen molar-refractivity contribution in [1.82, 2.24) is 10.3 Å².